The van der Waals surface area contributed by atoms with Crippen LogP contribution in [0.15, 0.2) is 12.1 Å². The summed E-state index contributed by atoms with van der Waals surface area (Å²) in [5.41, 5.74) is 4.74. The standard InChI is InChI=1S/C16H24N2O/c1-11-9-12(2)15(13(3)10-11)18-8-6-5-7-17-14(4)16(18)19/h9-10,14,17H,5-8H2,1-4H3. The molecule has 1 amide bonds. The molecule has 1 saturated heterocycles. The van der Waals surface area contributed by atoms with Crippen molar-refractivity contribution in [1.29, 1.82) is 0 Å². The van der Waals surface area contributed by atoms with Crippen LogP contribution in [0.5, 0.6) is 0 Å². The van der Waals surface area contributed by atoms with Gasteiger partial charge in [-0.05, 0) is 58.2 Å². The molecule has 0 aromatic heterocycles. The summed E-state index contributed by atoms with van der Waals surface area (Å²) in [4.78, 5) is 14.5. The molecule has 1 N–H and O–H groups in total. The maximum absolute atomic E-state index is 12.6. The molecule has 1 unspecified atom stereocenters. The highest BCUT2D eigenvalue weighted by atomic mass is 16.2. The zero-order chi connectivity index (χ0) is 14.0. The topological polar surface area (TPSA) is 32.3 Å². The quantitative estimate of drug-likeness (QED) is 0.842. The number of amides is 1. The van der Waals surface area contributed by atoms with Gasteiger partial charge in [0.05, 0.1) is 6.04 Å². The first kappa shape index (κ1) is 14.1. The number of carbonyl (C=O) groups is 1. The summed E-state index contributed by atoms with van der Waals surface area (Å²) < 4.78 is 0. The van der Waals surface area contributed by atoms with Gasteiger partial charge in [0, 0.05) is 12.2 Å². The van der Waals surface area contributed by atoms with Crippen LogP contribution in [0.1, 0.15) is 36.5 Å². The molecule has 1 aromatic carbocycles. The van der Waals surface area contributed by atoms with Crippen molar-refractivity contribution in [3.8, 4) is 0 Å². The Balaban J connectivity index is 2.40. The monoisotopic (exact) mass is 260 g/mol. The molecule has 1 aromatic rings. The minimum Gasteiger partial charge on any atom is -0.311 e. The van der Waals surface area contributed by atoms with Crippen LogP contribution in [0.3, 0.4) is 0 Å². The molecule has 1 heterocycles. The normalized spacial score (nSPS) is 21.2. The molecule has 3 heteroatoms. The van der Waals surface area contributed by atoms with Crippen LogP contribution >= 0.6 is 0 Å². The number of benzene rings is 1. The Morgan fingerprint density at radius 1 is 1.16 bits per heavy atom. The van der Waals surface area contributed by atoms with E-state index in [0.29, 0.717) is 0 Å². The van der Waals surface area contributed by atoms with Gasteiger partial charge in [-0.25, -0.2) is 0 Å². The second-order valence-electron chi connectivity index (χ2n) is 5.62. The fourth-order valence-corrected chi connectivity index (χ4v) is 2.96. The Morgan fingerprint density at radius 2 is 1.79 bits per heavy atom. The third kappa shape index (κ3) is 2.98. The van der Waals surface area contributed by atoms with Crippen LogP contribution < -0.4 is 10.2 Å². The zero-order valence-corrected chi connectivity index (χ0v) is 12.4. The molecule has 0 spiro atoms. The Hall–Kier alpha value is -1.35. The predicted molar refractivity (Wildman–Crippen MR) is 79.7 cm³/mol. The lowest BCUT2D eigenvalue weighted by atomic mass is 10.0. The highest BCUT2D eigenvalue weighted by molar-refractivity contribution is 5.98. The molecule has 0 radical (unpaired) electrons. The summed E-state index contributed by atoms with van der Waals surface area (Å²) in [6.07, 6.45) is 2.18. The van der Waals surface area contributed by atoms with E-state index in [2.05, 4.69) is 38.2 Å². The lowest BCUT2D eigenvalue weighted by Gasteiger charge is -2.31. The van der Waals surface area contributed by atoms with E-state index in [0.717, 1.165) is 31.6 Å². The van der Waals surface area contributed by atoms with Crippen LogP contribution in [0.4, 0.5) is 5.69 Å². The number of rotatable bonds is 1. The first-order valence-corrected chi connectivity index (χ1v) is 7.13. The largest absolute Gasteiger partial charge is 0.311 e. The maximum atomic E-state index is 12.6. The van der Waals surface area contributed by atoms with Gasteiger partial charge in [-0.3, -0.25) is 4.79 Å². The SMILES string of the molecule is Cc1cc(C)c(N2CCCCNC(C)C2=O)c(C)c1. The molecular weight excluding hydrogens is 236 g/mol. The van der Waals surface area contributed by atoms with E-state index in [1.54, 1.807) is 0 Å². The number of hydrogen-bond donors (Lipinski definition) is 1. The average Bonchev–Trinajstić information content (AvgIpc) is 2.32. The van der Waals surface area contributed by atoms with Crippen molar-refractivity contribution < 1.29 is 4.79 Å². The van der Waals surface area contributed by atoms with Crippen molar-refractivity contribution in [3.05, 3.63) is 28.8 Å². The van der Waals surface area contributed by atoms with Crippen LogP contribution in [0.2, 0.25) is 0 Å². The van der Waals surface area contributed by atoms with E-state index < -0.39 is 0 Å². The van der Waals surface area contributed by atoms with Gasteiger partial charge in [0.25, 0.3) is 0 Å². The lowest BCUT2D eigenvalue weighted by molar-refractivity contribution is -0.120. The van der Waals surface area contributed by atoms with E-state index >= 15 is 0 Å². The van der Waals surface area contributed by atoms with Crippen LogP contribution in [0, 0.1) is 20.8 Å². The van der Waals surface area contributed by atoms with Gasteiger partial charge in [-0.2, -0.15) is 0 Å². The summed E-state index contributed by atoms with van der Waals surface area (Å²) >= 11 is 0. The van der Waals surface area contributed by atoms with Crippen molar-refractivity contribution in [2.24, 2.45) is 0 Å². The summed E-state index contributed by atoms with van der Waals surface area (Å²) in [5.74, 6) is 0.190. The minimum atomic E-state index is -0.0968. The van der Waals surface area contributed by atoms with Crippen molar-refractivity contribution in [1.82, 2.24) is 5.32 Å². The molecular formula is C16H24N2O. The summed E-state index contributed by atoms with van der Waals surface area (Å²) in [5, 5.41) is 3.29. The molecule has 1 atom stereocenters. The van der Waals surface area contributed by atoms with Gasteiger partial charge in [-0.15, -0.1) is 0 Å². The fraction of sp³-hybridized carbons (Fsp3) is 0.562. The van der Waals surface area contributed by atoms with E-state index in [1.807, 2.05) is 11.8 Å². The fourth-order valence-electron chi connectivity index (χ4n) is 2.96. The molecule has 19 heavy (non-hydrogen) atoms. The van der Waals surface area contributed by atoms with E-state index in [1.165, 1.54) is 16.7 Å². The molecule has 104 valence electrons. The van der Waals surface area contributed by atoms with Crippen molar-refractivity contribution in [2.75, 3.05) is 18.0 Å². The van der Waals surface area contributed by atoms with Crippen LogP contribution in [-0.2, 0) is 4.79 Å². The summed E-state index contributed by atoms with van der Waals surface area (Å²) in [7, 11) is 0. The number of hydrogen-bond acceptors (Lipinski definition) is 2. The number of anilines is 1. The number of nitrogens with zero attached hydrogens (tertiary/aromatic N) is 1. The molecule has 0 aliphatic carbocycles. The Kier molecular flexibility index (Phi) is 4.25. The van der Waals surface area contributed by atoms with E-state index in [9.17, 15) is 4.79 Å². The van der Waals surface area contributed by atoms with Crippen molar-refractivity contribution in [2.45, 2.75) is 46.6 Å². The second-order valence-corrected chi connectivity index (χ2v) is 5.62. The Morgan fingerprint density at radius 3 is 2.42 bits per heavy atom. The smallest absolute Gasteiger partial charge is 0.243 e. The predicted octanol–water partition coefficient (Wildman–Crippen LogP) is 2.72. The summed E-state index contributed by atoms with van der Waals surface area (Å²) in [6.45, 7) is 10.0. The van der Waals surface area contributed by atoms with Gasteiger partial charge in [-0.1, -0.05) is 17.7 Å². The Labute approximate surface area is 116 Å². The molecule has 0 bridgehead atoms. The van der Waals surface area contributed by atoms with E-state index in [4.69, 9.17) is 0 Å². The second kappa shape index (κ2) is 5.74. The molecule has 0 saturated carbocycles. The highest BCUT2D eigenvalue weighted by Crippen LogP contribution is 2.27. The van der Waals surface area contributed by atoms with Gasteiger partial charge in [0.15, 0.2) is 0 Å². The molecule has 2 rings (SSSR count). The number of aryl methyl sites for hydroxylation is 3. The van der Waals surface area contributed by atoms with E-state index in [-0.39, 0.29) is 11.9 Å². The number of nitrogens with one attached hydrogen (secondary N) is 1. The molecule has 1 aliphatic rings. The molecule has 3 nitrogen and oxygen atoms in total. The Bertz CT molecular complexity index is 459. The first-order valence-electron chi connectivity index (χ1n) is 7.13. The number of carbonyl (C=O) groups excluding carboxylic acids is 1. The lowest BCUT2D eigenvalue weighted by Crippen LogP contribution is -2.48. The average molecular weight is 260 g/mol. The first-order chi connectivity index (χ1) is 9.00. The van der Waals surface area contributed by atoms with Crippen molar-refractivity contribution in [3.63, 3.8) is 0 Å². The van der Waals surface area contributed by atoms with Crippen LogP contribution in [0.25, 0.3) is 0 Å². The van der Waals surface area contributed by atoms with Gasteiger partial charge < -0.3 is 10.2 Å². The van der Waals surface area contributed by atoms with Crippen molar-refractivity contribution >= 4 is 11.6 Å². The van der Waals surface area contributed by atoms with Gasteiger partial charge in [0.2, 0.25) is 5.91 Å². The molecule has 1 fully saturated rings. The molecule has 1 aliphatic heterocycles. The maximum Gasteiger partial charge on any atom is 0.243 e. The minimum absolute atomic E-state index is 0.0968. The third-order valence-electron chi connectivity index (χ3n) is 3.80. The van der Waals surface area contributed by atoms with Gasteiger partial charge >= 0.3 is 0 Å². The van der Waals surface area contributed by atoms with Crippen LogP contribution in [-0.4, -0.2) is 25.0 Å². The third-order valence-corrected chi connectivity index (χ3v) is 3.80. The highest BCUT2D eigenvalue weighted by Gasteiger charge is 2.25. The zero-order valence-electron chi connectivity index (χ0n) is 12.4. The van der Waals surface area contributed by atoms with Gasteiger partial charge in [0.1, 0.15) is 0 Å². The summed E-state index contributed by atoms with van der Waals surface area (Å²) in [6, 6.07) is 4.22.